The van der Waals surface area contributed by atoms with Gasteiger partial charge in [0.1, 0.15) is 0 Å². The van der Waals surface area contributed by atoms with E-state index in [0.29, 0.717) is 39.3 Å². The third-order valence-electron chi connectivity index (χ3n) is 3.68. The van der Waals surface area contributed by atoms with Crippen LogP contribution in [0.4, 0.5) is 4.79 Å². The van der Waals surface area contributed by atoms with E-state index in [0.717, 1.165) is 0 Å². The molecule has 2 saturated heterocycles. The molecule has 0 bridgehead atoms. The van der Waals surface area contributed by atoms with Crippen LogP contribution in [-0.2, 0) is 9.53 Å². The van der Waals surface area contributed by atoms with Crippen molar-refractivity contribution in [3.8, 4) is 0 Å². The van der Waals surface area contributed by atoms with Crippen LogP contribution in [0.25, 0.3) is 0 Å². The van der Waals surface area contributed by atoms with Crippen LogP contribution in [0.2, 0.25) is 0 Å². The van der Waals surface area contributed by atoms with Crippen molar-refractivity contribution < 1.29 is 19.4 Å². The number of ether oxygens (including phenoxy) is 1. The van der Waals surface area contributed by atoms with Crippen LogP contribution in [0.1, 0.15) is 20.3 Å². The zero-order valence-corrected chi connectivity index (χ0v) is 10.9. The summed E-state index contributed by atoms with van der Waals surface area (Å²) in [4.78, 5) is 26.7. The molecule has 0 spiro atoms. The molecular weight excluding hydrogens is 236 g/mol. The van der Waals surface area contributed by atoms with E-state index in [1.807, 2.05) is 13.8 Å². The minimum absolute atomic E-state index is 0.0629. The molecule has 2 fully saturated rings. The maximum Gasteiger partial charge on any atom is 0.320 e. The normalized spacial score (nSPS) is 27.3. The Morgan fingerprint density at radius 3 is 2.61 bits per heavy atom. The standard InChI is InChI=1S/C12H20N2O4/c1-12(2)8-18-6-5-14(12)11(17)13-4-3-9(7-13)10(15)16/h9H,3-8H2,1-2H3,(H,15,16). The van der Waals surface area contributed by atoms with Gasteiger partial charge < -0.3 is 19.6 Å². The van der Waals surface area contributed by atoms with Crippen molar-refractivity contribution in [2.75, 3.05) is 32.8 Å². The van der Waals surface area contributed by atoms with Gasteiger partial charge in [-0.05, 0) is 20.3 Å². The van der Waals surface area contributed by atoms with Crippen molar-refractivity contribution >= 4 is 12.0 Å². The first kappa shape index (κ1) is 13.1. The molecule has 6 nitrogen and oxygen atoms in total. The molecule has 2 rings (SSSR count). The van der Waals surface area contributed by atoms with E-state index in [9.17, 15) is 9.59 Å². The lowest BCUT2D eigenvalue weighted by Crippen LogP contribution is -2.58. The molecule has 2 amide bonds. The number of carboxylic acids is 1. The molecule has 0 aromatic carbocycles. The van der Waals surface area contributed by atoms with E-state index in [4.69, 9.17) is 9.84 Å². The second-order valence-corrected chi connectivity index (χ2v) is 5.57. The largest absolute Gasteiger partial charge is 0.481 e. The number of carbonyl (C=O) groups excluding carboxylic acids is 1. The average molecular weight is 256 g/mol. The fourth-order valence-corrected chi connectivity index (χ4v) is 2.52. The number of carbonyl (C=O) groups is 2. The van der Waals surface area contributed by atoms with Crippen LogP contribution in [0.3, 0.4) is 0 Å². The Balaban J connectivity index is 2.01. The number of nitrogens with zero attached hydrogens (tertiary/aromatic N) is 2. The molecule has 2 aliphatic rings. The van der Waals surface area contributed by atoms with Gasteiger partial charge in [-0.2, -0.15) is 0 Å². The molecule has 2 aliphatic heterocycles. The number of aliphatic carboxylic acids is 1. The van der Waals surface area contributed by atoms with Gasteiger partial charge in [-0.25, -0.2) is 4.79 Å². The van der Waals surface area contributed by atoms with E-state index in [-0.39, 0.29) is 11.6 Å². The Labute approximate surface area is 106 Å². The predicted octanol–water partition coefficient (Wildman–Crippen LogP) is 0.624. The smallest absolute Gasteiger partial charge is 0.320 e. The maximum absolute atomic E-state index is 12.4. The molecule has 0 aliphatic carbocycles. The van der Waals surface area contributed by atoms with Crippen LogP contribution < -0.4 is 0 Å². The van der Waals surface area contributed by atoms with Crippen molar-refractivity contribution in [2.45, 2.75) is 25.8 Å². The highest BCUT2D eigenvalue weighted by atomic mass is 16.5. The first-order valence-corrected chi connectivity index (χ1v) is 6.29. The fraction of sp³-hybridized carbons (Fsp3) is 0.833. The summed E-state index contributed by atoms with van der Waals surface area (Å²) in [6.45, 7) is 6.43. The Morgan fingerprint density at radius 1 is 1.33 bits per heavy atom. The van der Waals surface area contributed by atoms with Gasteiger partial charge in [0, 0.05) is 19.6 Å². The summed E-state index contributed by atoms with van der Waals surface area (Å²) in [5.74, 6) is -1.23. The van der Waals surface area contributed by atoms with E-state index in [1.54, 1.807) is 9.80 Å². The van der Waals surface area contributed by atoms with Gasteiger partial charge in [-0.3, -0.25) is 4.79 Å². The van der Waals surface area contributed by atoms with Gasteiger partial charge in [0.05, 0.1) is 24.7 Å². The molecule has 2 heterocycles. The molecule has 1 N–H and O–H groups in total. The van der Waals surface area contributed by atoms with E-state index in [2.05, 4.69) is 0 Å². The van der Waals surface area contributed by atoms with Gasteiger partial charge in [0.15, 0.2) is 0 Å². The summed E-state index contributed by atoms with van der Waals surface area (Å²) >= 11 is 0. The quantitative estimate of drug-likeness (QED) is 0.747. The number of rotatable bonds is 1. The topological polar surface area (TPSA) is 70.1 Å². The number of morpholine rings is 1. The number of hydrogen-bond donors (Lipinski definition) is 1. The molecule has 1 unspecified atom stereocenters. The summed E-state index contributed by atoms with van der Waals surface area (Å²) in [6.07, 6.45) is 0.547. The van der Waals surface area contributed by atoms with Crippen molar-refractivity contribution in [2.24, 2.45) is 5.92 Å². The summed E-state index contributed by atoms with van der Waals surface area (Å²) in [7, 11) is 0. The van der Waals surface area contributed by atoms with Gasteiger partial charge in [0.25, 0.3) is 0 Å². The Morgan fingerprint density at radius 2 is 2.06 bits per heavy atom. The third-order valence-corrected chi connectivity index (χ3v) is 3.68. The van der Waals surface area contributed by atoms with Crippen LogP contribution in [-0.4, -0.2) is 65.3 Å². The minimum Gasteiger partial charge on any atom is -0.481 e. The molecule has 6 heteroatoms. The van der Waals surface area contributed by atoms with Gasteiger partial charge in [0.2, 0.25) is 0 Å². The van der Waals surface area contributed by atoms with E-state index >= 15 is 0 Å². The SMILES string of the molecule is CC1(C)COCCN1C(=O)N1CCC(C(=O)O)C1. The van der Waals surface area contributed by atoms with Crippen LogP contribution in [0.15, 0.2) is 0 Å². The number of amides is 2. The summed E-state index contributed by atoms with van der Waals surface area (Å²) in [5, 5.41) is 8.95. The lowest BCUT2D eigenvalue weighted by atomic mass is 10.0. The van der Waals surface area contributed by atoms with Gasteiger partial charge in [-0.15, -0.1) is 0 Å². The van der Waals surface area contributed by atoms with Crippen molar-refractivity contribution in [1.82, 2.24) is 9.80 Å². The lowest BCUT2D eigenvalue weighted by molar-refractivity contribution is -0.141. The summed E-state index contributed by atoms with van der Waals surface area (Å²) in [5.41, 5.74) is -0.323. The first-order chi connectivity index (χ1) is 8.42. The summed E-state index contributed by atoms with van der Waals surface area (Å²) in [6, 6.07) is -0.0629. The number of hydrogen-bond acceptors (Lipinski definition) is 3. The fourth-order valence-electron chi connectivity index (χ4n) is 2.52. The molecule has 0 aromatic rings. The van der Waals surface area contributed by atoms with Crippen molar-refractivity contribution in [1.29, 1.82) is 0 Å². The number of carboxylic acid groups (broad SMARTS) is 1. The summed E-state index contributed by atoms with van der Waals surface area (Å²) < 4.78 is 5.38. The van der Waals surface area contributed by atoms with Crippen molar-refractivity contribution in [3.63, 3.8) is 0 Å². The molecule has 102 valence electrons. The Bertz CT molecular complexity index is 356. The predicted molar refractivity (Wildman–Crippen MR) is 64.3 cm³/mol. The Hall–Kier alpha value is -1.30. The number of likely N-dealkylation sites (tertiary alicyclic amines) is 1. The highest BCUT2D eigenvalue weighted by Crippen LogP contribution is 2.24. The molecular formula is C12H20N2O4. The highest BCUT2D eigenvalue weighted by molar-refractivity contribution is 5.78. The van der Waals surface area contributed by atoms with E-state index < -0.39 is 11.9 Å². The highest BCUT2D eigenvalue weighted by Gasteiger charge is 2.39. The van der Waals surface area contributed by atoms with Crippen LogP contribution in [0, 0.1) is 5.92 Å². The molecule has 0 aromatic heterocycles. The zero-order valence-electron chi connectivity index (χ0n) is 10.9. The maximum atomic E-state index is 12.4. The third kappa shape index (κ3) is 2.43. The molecule has 0 radical (unpaired) electrons. The minimum atomic E-state index is -0.813. The average Bonchev–Trinajstić information content (AvgIpc) is 2.77. The number of urea groups is 1. The van der Waals surface area contributed by atoms with Gasteiger partial charge >= 0.3 is 12.0 Å². The second-order valence-electron chi connectivity index (χ2n) is 5.57. The van der Waals surface area contributed by atoms with Crippen molar-refractivity contribution in [3.05, 3.63) is 0 Å². The van der Waals surface area contributed by atoms with E-state index in [1.165, 1.54) is 0 Å². The Kier molecular flexibility index (Phi) is 3.47. The van der Waals surface area contributed by atoms with Crippen LogP contribution in [0.5, 0.6) is 0 Å². The monoisotopic (exact) mass is 256 g/mol. The second kappa shape index (κ2) is 4.76. The van der Waals surface area contributed by atoms with Gasteiger partial charge in [-0.1, -0.05) is 0 Å². The molecule has 18 heavy (non-hydrogen) atoms. The first-order valence-electron chi connectivity index (χ1n) is 6.29. The molecule has 0 saturated carbocycles. The van der Waals surface area contributed by atoms with Crippen LogP contribution >= 0.6 is 0 Å². The zero-order chi connectivity index (χ0) is 13.3. The molecule has 1 atom stereocenters. The lowest BCUT2D eigenvalue weighted by Gasteiger charge is -2.43.